The predicted molar refractivity (Wildman–Crippen MR) is 96.0 cm³/mol. The van der Waals surface area contributed by atoms with E-state index in [1.807, 2.05) is 13.8 Å². The van der Waals surface area contributed by atoms with Crippen molar-refractivity contribution in [2.45, 2.75) is 67.2 Å². The molecule has 1 atom stereocenters. The number of allylic oxidation sites excluding steroid dienone is 8. The Bertz CT molecular complexity index is 468. The highest BCUT2D eigenvalue weighted by atomic mass is 16.3. The molecule has 0 aromatic carbocycles. The Labute approximate surface area is 136 Å². The number of aliphatic hydroxyl groups is 1. The smallest absolute Gasteiger partial charge is 0.155 e. The Kier molecular flexibility index (Phi) is 10.3. The normalized spacial score (nSPS) is 13.5. The van der Waals surface area contributed by atoms with Crippen LogP contribution < -0.4 is 0 Å². The molecule has 0 radical (unpaired) electrons. The summed E-state index contributed by atoms with van der Waals surface area (Å²) < 4.78 is 0. The summed E-state index contributed by atoms with van der Waals surface area (Å²) in [7, 11) is 0. The van der Waals surface area contributed by atoms with Crippen LogP contribution in [0.3, 0.4) is 0 Å². The Morgan fingerprint density at radius 2 is 1.45 bits per heavy atom. The fraction of sp³-hybridized carbons (Fsp3) is 0.550. The fourth-order valence-corrected chi connectivity index (χ4v) is 2.08. The van der Waals surface area contributed by atoms with Crippen LogP contribution in [0.15, 0.2) is 46.8 Å². The SMILES string of the molecule is CC(=O)/C=C(\O)[C@H](CC=C(C)C)C/C=C(\C)CCC=C(C)C. The number of ketones is 1. The molecule has 0 rings (SSSR count). The second kappa shape index (κ2) is 11.1. The van der Waals surface area contributed by atoms with Gasteiger partial charge in [0.05, 0.1) is 5.76 Å². The van der Waals surface area contributed by atoms with Gasteiger partial charge in [-0.25, -0.2) is 0 Å². The molecule has 22 heavy (non-hydrogen) atoms. The molecule has 0 aliphatic heterocycles. The summed E-state index contributed by atoms with van der Waals surface area (Å²) in [5, 5.41) is 10.1. The Morgan fingerprint density at radius 3 is 1.95 bits per heavy atom. The minimum atomic E-state index is -0.107. The molecule has 124 valence electrons. The Morgan fingerprint density at radius 1 is 0.909 bits per heavy atom. The van der Waals surface area contributed by atoms with Crippen LogP contribution in [-0.2, 0) is 4.79 Å². The molecule has 0 aliphatic rings. The first-order valence-electron chi connectivity index (χ1n) is 8.05. The third-order valence-corrected chi connectivity index (χ3v) is 3.42. The third kappa shape index (κ3) is 11.1. The van der Waals surface area contributed by atoms with E-state index in [0.29, 0.717) is 0 Å². The van der Waals surface area contributed by atoms with Crippen LogP contribution in [0.5, 0.6) is 0 Å². The number of aliphatic hydroxyl groups excluding tert-OH is 1. The molecule has 0 amide bonds. The first-order chi connectivity index (χ1) is 10.2. The van der Waals surface area contributed by atoms with Crippen LogP contribution >= 0.6 is 0 Å². The molecule has 1 N–H and O–H groups in total. The first-order valence-corrected chi connectivity index (χ1v) is 8.05. The molecule has 0 saturated heterocycles. The molecular weight excluding hydrogens is 272 g/mol. The average molecular weight is 304 g/mol. The number of hydrogen-bond donors (Lipinski definition) is 1. The highest BCUT2D eigenvalue weighted by molar-refractivity contribution is 5.87. The standard InChI is InChI=1S/C20H32O2/c1-15(2)8-7-9-17(5)11-13-19(12-10-16(3)4)20(22)14-18(6)21/h8,10-11,14,19,22H,7,9,12-13H2,1-6H3/b17-11+,20-14-/t19-/m1/s1. The summed E-state index contributed by atoms with van der Waals surface area (Å²) in [4.78, 5) is 11.2. The summed E-state index contributed by atoms with van der Waals surface area (Å²) in [6.45, 7) is 11.9. The molecule has 0 unspecified atom stereocenters. The molecule has 0 fully saturated rings. The number of carbonyl (C=O) groups is 1. The van der Waals surface area contributed by atoms with Crippen LogP contribution in [0.25, 0.3) is 0 Å². The summed E-state index contributed by atoms with van der Waals surface area (Å²) in [6, 6.07) is 0. The van der Waals surface area contributed by atoms with Crippen LogP contribution in [0, 0.1) is 5.92 Å². The topological polar surface area (TPSA) is 37.3 Å². The average Bonchev–Trinajstić information content (AvgIpc) is 2.36. The zero-order valence-corrected chi connectivity index (χ0v) is 15.1. The van der Waals surface area contributed by atoms with E-state index in [1.54, 1.807) is 0 Å². The minimum Gasteiger partial charge on any atom is -0.512 e. The van der Waals surface area contributed by atoms with Gasteiger partial charge in [-0.05, 0) is 67.2 Å². The van der Waals surface area contributed by atoms with Gasteiger partial charge in [-0.2, -0.15) is 0 Å². The van der Waals surface area contributed by atoms with Gasteiger partial charge in [0.1, 0.15) is 0 Å². The van der Waals surface area contributed by atoms with Crippen LogP contribution in [0.2, 0.25) is 0 Å². The van der Waals surface area contributed by atoms with Crippen molar-refractivity contribution in [2.75, 3.05) is 0 Å². The van der Waals surface area contributed by atoms with Crippen LogP contribution in [0.1, 0.15) is 67.2 Å². The summed E-state index contributed by atoms with van der Waals surface area (Å²) in [6.07, 6.45) is 11.5. The highest BCUT2D eigenvalue weighted by Gasteiger charge is 2.12. The maximum Gasteiger partial charge on any atom is 0.155 e. The van der Waals surface area contributed by atoms with Crippen molar-refractivity contribution >= 4 is 5.78 Å². The molecule has 0 aromatic rings. The lowest BCUT2D eigenvalue weighted by Gasteiger charge is -2.13. The Hall–Kier alpha value is -1.57. The van der Waals surface area contributed by atoms with Crippen molar-refractivity contribution in [3.63, 3.8) is 0 Å². The highest BCUT2D eigenvalue weighted by Crippen LogP contribution is 2.21. The second-order valence-corrected chi connectivity index (χ2v) is 6.50. The van der Waals surface area contributed by atoms with Gasteiger partial charge in [0.15, 0.2) is 5.78 Å². The van der Waals surface area contributed by atoms with Gasteiger partial charge >= 0.3 is 0 Å². The number of hydrogen-bond acceptors (Lipinski definition) is 2. The number of carbonyl (C=O) groups excluding carboxylic acids is 1. The molecule has 0 spiro atoms. The van der Waals surface area contributed by atoms with E-state index >= 15 is 0 Å². The van der Waals surface area contributed by atoms with Crippen molar-refractivity contribution in [2.24, 2.45) is 5.92 Å². The van der Waals surface area contributed by atoms with Gasteiger partial charge in [0.2, 0.25) is 0 Å². The lowest BCUT2D eigenvalue weighted by molar-refractivity contribution is -0.112. The van der Waals surface area contributed by atoms with Gasteiger partial charge in [-0.15, -0.1) is 0 Å². The van der Waals surface area contributed by atoms with E-state index in [9.17, 15) is 9.90 Å². The molecule has 0 aliphatic carbocycles. The van der Waals surface area contributed by atoms with Crippen molar-refractivity contribution in [1.29, 1.82) is 0 Å². The van der Waals surface area contributed by atoms with Crippen molar-refractivity contribution in [1.82, 2.24) is 0 Å². The first kappa shape index (κ1) is 20.4. The quantitative estimate of drug-likeness (QED) is 0.319. The fourth-order valence-electron chi connectivity index (χ4n) is 2.08. The largest absolute Gasteiger partial charge is 0.512 e. The molecule has 2 nitrogen and oxygen atoms in total. The zero-order valence-electron chi connectivity index (χ0n) is 15.1. The van der Waals surface area contributed by atoms with Gasteiger partial charge in [0, 0.05) is 12.0 Å². The van der Waals surface area contributed by atoms with Gasteiger partial charge in [-0.3, -0.25) is 4.79 Å². The summed E-state index contributed by atoms with van der Waals surface area (Å²) in [5.74, 6) is 0.0690. The summed E-state index contributed by atoms with van der Waals surface area (Å²) >= 11 is 0. The maximum atomic E-state index is 11.2. The van der Waals surface area contributed by atoms with E-state index in [-0.39, 0.29) is 17.5 Å². The molecule has 0 saturated carbocycles. The third-order valence-electron chi connectivity index (χ3n) is 3.42. The van der Waals surface area contributed by atoms with E-state index < -0.39 is 0 Å². The minimum absolute atomic E-state index is 0.0165. The Balaban J connectivity index is 4.79. The van der Waals surface area contributed by atoms with Crippen molar-refractivity contribution in [3.8, 4) is 0 Å². The predicted octanol–water partition coefficient (Wildman–Crippen LogP) is 6.07. The molecule has 0 aromatic heterocycles. The van der Waals surface area contributed by atoms with Crippen molar-refractivity contribution in [3.05, 3.63) is 46.8 Å². The van der Waals surface area contributed by atoms with Crippen LogP contribution in [0.4, 0.5) is 0 Å². The van der Waals surface area contributed by atoms with E-state index in [1.165, 1.54) is 29.7 Å². The monoisotopic (exact) mass is 304 g/mol. The molecule has 0 heterocycles. The van der Waals surface area contributed by atoms with E-state index in [0.717, 1.165) is 25.7 Å². The number of rotatable bonds is 9. The van der Waals surface area contributed by atoms with Crippen LogP contribution in [-0.4, -0.2) is 10.9 Å². The molecular formula is C20H32O2. The van der Waals surface area contributed by atoms with Gasteiger partial charge in [-0.1, -0.05) is 34.9 Å². The van der Waals surface area contributed by atoms with Gasteiger partial charge < -0.3 is 5.11 Å². The van der Waals surface area contributed by atoms with E-state index in [4.69, 9.17) is 0 Å². The van der Waals surface area contributed by atoms with E-state index in [2.05, 4.69) is 39.0 Å². The zero-order chi connectivity index (χ0) is 17.1. The summed E-state index contributed by atoms with van der Waals surface area (Å²) in [5.41, 5.74) is 3.90. The van der Waals surface area contributed by atoms with Gasteiger partial charge in [0.25, 0.3) is 0 Å². The molecule has 0 bridgehead atoms. The lowest BCUT2D eigenvalue weighted by Crippen LogP contribution is -2.04. The molecule has 2 heteroatoms. The maximum absolute atomic E-state index is 11.2. The van der Waals surface area contributed by atoms with Crippen molar-refractivity contribution < 1.29 is 9.90 Å². The second-order valence-electron chi connectivity index (χ2n) is 6.50. The lowest BCUT2D eigenvalue weighted by atomic mass is 9.95.